The molecule has 0 aliphatic heterocycles. The molecule has 29 heavy (non-hydrogen) atoms. The van der Waals surface area contributed by atoms with Gasteiger partial charge in [0, 0.05) is 0 Å². The van der Waals surface area contributed by atoms with Crippen molar-refractivity contribution in [2.75, 3.05) is 6.16 Å². The molecule has 0 heterocycles. The van der Waals surface area contributed by atoms with Crippen LogP contribution in [-0.4, -0.2) is 28.6 Å². The number of hydrogen-bond donors (Lipinski definition) is 3. The second-order valence-corrected chi connectivity index (χ2v) is 10.6. The Labute approximate surface area is 175 Å². The molecule has 3 rings (SSSR count). The van der Waals surface area contributed by atoms with Crippen LogP contribution in [0.2, 0.25) is 0 Å². The third kappa shape index (κ3) is 6.80. The maximum Gasteiger partial charge on any atom is 0.631 e. The second-order valence-electron chi connectivity index (χ2n) is 6.95. The first-order valence-electron chi connectivity index (χ1n) is 10.2. The van der Waals surface area contributed by atoms with Crippen LogP contribution in [0, 0.1) is 0 Å². The van der Waals surface area contributed by atoms with Gasteiger partial charge in [-0.3, -0.25) is 0 Å². The zero-order chi connectivity index (χ0) is 21.0. The van der Waals surface area contributed by atoms with Gasteiger partial charge in [-0.15, -0.1) is 0 Å². The molecule has 0 radical (unpaired) electrons. The standard InChI is InChI=1S/C24H28P.BH3O3/c1-2-3-4-14-21-25(22-15-8-5-9-16-22,23-17-10-6-11-18-23)24-19-12-7-13-20-24;2-1(3)4/h5-13,15-20H,2-4,14,21H2,1H3;2-4H/q+1;. The molecule has 0 aliphatic carbocycles. The topological polar surface area (TPSA) is 60.7 Å². The van der Waals surface area contributed by atoms with Gasteiger partial charge < -0.3 is 15.1 Å². The lowest BCUT2D eigenvalue weighted by Crippen LogP contribution is -2.33. The third-order valence-corrected chi connectivity index (χ3v) is 9.46. The summed E-state index contributed by atoms with van der Waals surface area (Å²) in [7, 11) is -3.76. The van der Waals surface area contributed by atoms with Crippen LogP contribution in [0.4, 0.5) is 0 Å². The first kappa shape index (κ1) is 23.3. The molecule has 0 atom stereocenters. The van der Waals surface area contributed by atoms with E-state index in [1.807, 2.05) is 0 Å². The molecule has 0 saturated carbocycles. The summed E-state index contributed by atoms with van der Waals surface area (Å²) in [6.07, 6.45) is 6.49. The fourth-order valence-corrected chi connectivity index (χ4v) is 8.07. The van der Waals surface area contributed by atoms with Crippen LogP contribution >= 0.6 is 7.26 Å². The SMILES string of the molecule is CCCCCC[P+](c1ccccc1)(c1ccccc1)c1ccccc1.OB(O)O. The summed E-state index contributed by atoms with van der Waals surface area (Å²) in [5.74, 6) is 0. The number of rotatable bonds is 8. The van der Waals surface area contributed by atoms with Gasteiger partial charge in [-0.25, -0.2) is 0 Å². The number of unbranched alkanes of at least 4 members (excludes halogenated alkanes) is 3. The van der Waals surface area contributed by atoms with Gasteiger partial charge in [-0.05, 0) is 49.2 Å². The van der Waals surface area contributed by atoms with Crippen LogP contribution in [0.3, 0.4) is 0 Å². The lowest BCUT2D eigenvalue weighted by atomic mass is 10.2. The van der Waals surface area contributed by atoms with Crippen LogP contribution in [-0.2, 0) is 0 Å². The molecular weight excluding hydrogens is 378 g/mol. The molecule has 5 heteroatoms. The molecule has 0 fully saturated rings. The summed E-state index contributed by atoms with van der Waals surface area (Å²) >= 11 is 0. The second kappa shape index (κ2) is 12.6. The Kier molecular flexibility index (Phi) is 10.1. The molecule has 0 unspecified atom stereocenters. The average molecular weight is 409 g/mol. The third-order valence-electron chi connectivity index (χ3n) is 4.94. The molecule has 0 bridgehead atoms. The summed E-state index contributed by atoms with van der Waals surface area (Å²) in [6.45, 7) is 2.29. The molecule has 0 amide bonds. The van der Waals surface area contributed by atoms with Gasteiger partial charge in [0.25, 0.3) is 0 Å². The van der Waals surface area contributed by atoms with Crippen molar-refractivity contribution in [3.05, 3.63) is 91.0 Å². The first-order valence-corrected chi connectivity index (χ1v) is 12.2. The van der Waals surface area contributed by atoms with Crippen LogP contribution in [0.1, 0.15) is 32.6 Å². The van der Waals surface area contributed by atoms with Crippen molar-refractivity contribution in [3.63, 3.8) is 0 Å². The van der Waals surface area contributed by atoms with Crippen LogP contribution in [0.25, 0.3) is 0 Å². The van der Waals surface area contributed by atoms with E-state index in [0.717, 1.165) is 0 Å². The number of hydrogen-bond acceptors (Lipinski definition) is 3. The van der Waals surface area contributed by atoms with Gasteiger partial charge in [0.05, 0.1) is 6.16 Å². The molecule has 0 spiro atoms. The van der Waals surface area contributed by atoms with E-state index in [1.54, 1.807) is 0 Å². The van der Waals surface area contributed by atoms with Crippen molar-refractivity contribution in [2.24, 2.45) is 0 Å². The van der Waals surface area contributed by atoms with Crippen molar-refractivity contribution < 1.29 is 15.1 Å². The maximum absolute atomic E-state index is 7.17. The van der Waals surface area contributed by atoms with E-state index in [9.17, 15) is 0 Å². The van der Waals surface area contributed by atoms with E-state index >= 15 is 0 Å². The van der Waals surface area contributed by atoms with E-state index in [-0.39, 0.29) is 0 Å². The highest BCUT2D eigenvalue weighted by Gasteiger charge is 2.44. The highest BCUT2D eigenvalue weighted by atomic mass is 31.2. The van der Waals surface area contributed by atoms with E-state index in [0.29, 0.717) is 0 Å². The average Bonchev–Trinajstić information content (AvgIpc) is 2.76. The van der Waals surface area contributed by atoms with Gasteiger partial charge in [0.15, 0.2) is 0 Å². The summed E-state index contributed by atoms with van der Waals surface area (Å²) in [5.41, 5.74) is 0. The molecule has 152 valence electrons. The normalized spacial score (nSPS) is 10.8. The van der Waals surface area contributed by atoms with E-state index in [1.165, 1.54) is 47.8 Å². The largest absolute Gasteiger partial charge is 0.631 e. The van der Waals surface area contributed by atoms with Gasteiger partial charge in [0.2, 0.25) is 0 Å². The van der Waals surface area contributed by atoms with E-state index in [2.05, 4.69) is 97.9 Å². The Bertz CT molecular complexity index is 699. The van der Waals surface area contributed by atoms with Gasteiger partial charge in [0.1, 0.15) is 23.2 Å². The Hall–Kier alpha value is -1.97. The highest BCUT2D eigenvalue weighted by Crippen LogP contribution is 2.55. The predicted molar refractivity (Wildman–Crippen MR) is 127 cm³/mol. The lowest BCUT2D eigenvalue weighted by molar-refractivity contribution is 0.278. The van der Waals surface area contributed by atoms with Gasteiger partial charge in [-0.1, -0.05) is 74.4 Å². The molecule has 3 aromatic carbocycles. The smallest absolute Gasteiger partial charge is 0.402 e. The lowest BCUT2D eigenvalue weighted by Gasteiger charge is -2.27. The molecule has 0 aromatic heterocycles. The molecule has 0 saturated heterocycles. The summed E-state index contributed by atoms with van der Waals surface area (Å²) in [6, 6.07) is 33.6. The molecule has 3 nitrogen and oxygen atoms in total. The first-order chi connectivity index (χ1) is 14.1. The minimum absolute atomic E-state index is 1.25. The molecule has 0 aliphatic rings. The Morgan fingerprint density at radius 1 is 0.586 bits per heavy atom. The van der Waals surface area contributed by atoms with Crippen molar-refractivity contribution in [1.82, 2.24) is 0 Å². The maximum atomic E-state index is 7.17. The van der Waals surface area contributed by atoms with Crippen LogP contribution in [0.5, 0.6) is 0 Å². The Morgan fingerprint density at radius 3 is 1.24 bits per heavy atom. The van der Waals surface area contributed by atoms with Crippen LogP contribution in [0.15, 0.2) is 91.0 Å². The van der Waals surface area contributed by atoms with Gasteiger partial charge >= 0.3 is 7.32 Å². The fourth-order valence-electron chi connectivity index (χ4n) is 3.66. The quantitative estimate of drug-likeness (QED) is 0.303. The summed E-state index contributed by atoms with van der Waals surface area (Å²) < 4.78 is 0. The van der Waals surface area contributed by atoms with Crippen molar-refractivity contribution in [2.45, 2.75) is 32.6 Å². The van der Waals surface area contributed by atoms with Crippen molar-refractivity contribution in [3.8, 4) is 0 Å². The monoisotopic (exact) mass is 409 g/mol. The summed E-state index contributed by atoms with van der Waals surface area (Å²) in [4.78, 5) is 0. The molecular formula is C24H31BO3P+. The van der Waals surface area contributed by atoms with Crippen LogP contribution < -0.4 is 15.9 Å². The van der Waals surface area contributed by atoms with E-state index in [4.69, 9.17) is 15.1 Å². The Morgan fingerprint density at radius 2 is 0.931 bits per heavy atom. The highest BCUT2D eigenvalue weighted by molar-refractivity contribution is 7.95. The molecule has 3 aromatic rings. The van der Waals surface area contributed by atoms with Gasteiger partial charge in [-0.2, -0.15) is 0 Å². The number of benzene rings is 3. The zero-order valence-electron chi connectivity index (χ0n) is 17.1. The summed E-state index contributed by atoms with van der Waals surface area (Å²) in [5, 5.41) is 26.0. The van der Waals surface area contributed by atoms with Crippen molar-refractivity contribution >= 4 is 30.5 Å². The molecule has 3 N–H and O–H groups in total. The predicted octanol–water partition coefficient (Wildman–Crippen LogP) is 3.51. The minimum atomic E-state index is -2.17. The van der Waals surface area contributed by atoms with Crippen molar-refractivity contribution in [1.29, 1.82) is 0 Å². The fraction of sp³-hybridized carbons (Fsp3) is 0.250. The zero-order valence-corrected chi connectivity index (χ0v) is 18.0. The Balaban J connectivity index is 0.000000687. The minimum Gasteiger partial charge on any atom is -0.402 e. The van der Waals surface area contributed by atoms with E-state index < -0.39 is 14.6 Å².